The van der Waals surface area contributed by atoms with E-state index in [0.717, 1.165) is 6.42 Å². The van der Waals surface area contributed by atoms with Crippen LogP contribution in [-0.2, 0) is 26.9 Å². The zero-order chi connectivity index (χ0) is 9.42. The van der Waals surface area contributed by atoms with Gasteiger partial charge in [0.1, 0.15) is 0 Å². The largest absolute Gasteiger partial charge is 1.00 e. The van der Waals surface area contributed by atoms with E-state index in [2.05, 4.69) is 58.6 Å². The summed E-state index contributed by atoms with van der Waals surface area (Å²) in [7, 11) is 0. The molecule has 0 saturated heterocycles. The molecule has 0 saturated carbocycles. The van der Waals surface area contributed by atoms with Crippen molar-refractivity contribution in [1.82, 2.24) is 0 Å². The SMILES string of the molecule is CCc1ccc2c(c1)C=C(C)[CH]2[Ti+2].[Cl-].[Cl-]. The second kappa shape index (κ2) is 6.10. The molecule has 0 fully saturated rings. The molecule has 0 spiro atoms. The topological polar surface area (TPSA) is 0 Å². The standard InChI is InChI=1S/C12H13.2ClH.Ti/c1-3-10-4-5-11-6-9(2)7-12(11)8-10;;;/h4-8H,3H2,1-2H3;2*1H;/q;;;+2/p-2. The maximum absolute atomic E-state index is 2.32. The van der Waals surface area contributed by atoms with Crippen molar-refractivity contribution in [3.63, 3.8) is 0 Å². The molecular weight excluding hydrogens is 263 g/mol. The van der Waals surface area contributed by atoms with Crippen molar-refractivity contribution in [2.24, 2.45) is 0 Å². The average molecular weight is 276 g/mol. The monoisotopic (exact) mass is 275 g/mol. The number of rotatable bonds is 1. The first-order valence-electron chi connectivity index (χ1n) is 4.74. The van der Waals surface area contributed by atoms with Gasteiger partial charge in [-0.15, -0.1) is 0 Å². The van der Waals surface area contributed by atoms with Crippen molar-refractivity contribution in [2.75, 3.05) is 0 Å². The Morgan fingerprint density at radius 1 is 1.27 bits per heavy atom. The third-order valence-electron chi connectivity index (χ3n) is 2.71. The van der Waals surface area contributed by atoms with Crippen LogP contribution in [0.25, 0.3) is 6.08 Å². The average Bonchev–Trinajstić information content (AvgIpc) is 2.42. The Kier molecular flexibility index (Phi) is 6.21. The molecule has 1 aliphatic carbocycles. The summed E-state index contributed by atoms with van der Waals surface area (Å²) < 4.78 is 0.626. The van der Waals surface area contributed by atoms with E-state index < -0.39 is 0 Å². The summed E-state index contributed by atoms with van der Waals surface area (Å²) in [6.07, 6.45) is 3.45. The Morgan fingerprint density at radius 3 is 2.53 bits per heavy atom. The van der Waals surface area contributed by atoms with Crippen LogP contribution in [-0.4, -0.2) is 0 Å². The molecule has 79 valence electrons. The molecule has 1 atom stereocenters. The van der Waals surface area contributed by atoms with Crippen LogP contribution in [0.2, 0.25) is 0 Å². The summed E-state index contributed by atoms with van der Waals surface area (Å²) in [6.45, 7) is 4.42. The number of hydrogen-bond acceptors (Lipinski definition) is 0. The number of benzene rings is 1. The molecule has 0 aliphatic heterocycles. The van der Waals surface area contributed by atoms with E-state index in [-0.39, 0.29) is 24.8 Å². The van der Waals surface area contributed by atoms with Crippen LogP contribution < -0.4 is 24.8 Å². The van der Waals surface area contributed by atoms with Gasteiger partial charge in [-0.3, -0.25) is 0 Å². The van der Waals surface area contributed by atoms with E-state index in [1.54, 1.807) is 0 Å². The van der Waals surface area contributed by atoms with Crippen molar-refractivity contribution in [3.8, 4) is 0 Å². The predicted molar refractivity (Wildman–Crippen MR) is 52.2 cm³/mol. The smallest absolute Gasteiger partial charge is 1.00 e. The van der Waals surface area contributed by atoms with Gasteiger partial charge in [-0.2, -0.15) is 0 Å². The van der Waals surface area contributed by atoms with Crippen molar-refractivity contribution in [3.05, 3.63) is 40.5 Å². The van der Waals surface area contributed by atoms with Gasteiger partial charge in [-0.1, -0.05) is 0 Å². The summed E-state index contributed by atoms with van der Waals surface area (Å²) in [6, 6.07) is 6.86. The molecule has 1 aliphatic rings. The molecule has 15 heavy (non-hydrogen) atoms. The molecule has 0 amide bonds. The van der Waals surface area contributed by atoms with Crippen LogP contribution in [0.1, 0.15) is 34.8 Å². The molecule has 0 aromatic heterocycles. The minimum atomic E-state index is 0. The third-order valence-corrected chi connectivity index (χ3v) is 3.91. The molecule has 1 unspecified atom stereocenters. The van der Waals surface area contributed by atoms with Gasteiger partial charge in [0, 0.05) is 0 Å². The van der Waals surface area contributed by atoms with Crippen LogP contribution >= 0.6 is 0 Å². The van der Waals surface area contributed by atoms with Crippen LogP contribution in [0.4, 0.5) is 0 Å². The second-order valence-electron chi connectivity index (χ2n) is 3.64. The Labute approximate surface area is 116 Å². The fourth-order valence-electron chi connectivity index (χ4n) is 1.81. The van der Waals surface area contributed by atoms with Gasteiger partial charge < -0.3 is 24.8 Å². The molecule has 2 rings (SSSR count). The summed E-state index contributed by atoms with van der Waals surface area (Å²) in [5, 5.41) is 0. The fourth-order valence-corrected chi connectivity index (χ4v) is 2.35. The van der Waals surface area contributed by atoms with Crippen molar-refractivity contribution >= 4 is 6.08 Å². The molecular formula is C12H13Cl2Ti. The third kappa shape index (κ3) is 2.88. The zero-order valence-electron chi connectivity index (χ0n) is 8.85. The molecule has 3 heteroatoms. The molecule has 0 nitrogen and oxygen atoms in total. The fraction of sp³-hybridized carbons (Fsp3) is 0.333. The predicted octanol–water partition coefficient (Wildman–Crippen LogP) is -2.74. The van der Waals surface area contributed by atoms with E-state index in [1.807, 2.05) is 0 Å². The first kappa shape index (κ1) is 15.3. The van der Waals surface area contributed by atoms with Gasteiger partial charge in [-0.25, -0.2) is 0 Å². The first-order chi connectivity index (χ1) is 6.22. The quantitative estimate of drug-likeness (QED) is 0.488. The van der Waals surface area contributed by atoms with E-state index in [4.69, 9.17) is 0 Å². The van der Waals surface area contributed by atoms with Gasteiger partial charge in [-0.05, 0) is 0 Å². The molecule has 0 bridgehead atoms. The first-order valence-corrected chi connectivity index (χ1v) is 5.64. The number of aryl methyl sites for hydroxylation is 1. The van der Waals surface area contributed by atoms with Gasteiger partial charge in [0.25, 0.3) is 0 Å². The minimum Gasteiger partial charge on any atom is -1.00 e. The Hall–Kier alpha value is 0.254. The Morgan fingerprint density at radius 2 is 1.93 bits per heavy atom. The van der Waals surface area contributed by atoms with Crippen molar-refractivity contribution < 1.29 is 45.2 Å². The maximum Gasteiger partial charge on any atom is -1.00 e. The summed E-state index contributed by atoms with van der Waals surface area (Å²) in [5.41, 5.74) is 5.86. The van der Waals surface area contributed by atoms with Crippen LogP contribution in [0.15, 0.2) is 23.8 Å². The molecule has 0 heterocycles. The molecule has 1 aromatic rings. The zero-order valence-corrected chi connectivity index (χ0v) is 11.9. The van der Waals surface area contributed by atoms with Gasteiger partial charge in [0.15, 0.2) is 0 Å². The maximum atomic E-state index is 2.32. The second-order valence-corrected chi connectivity index (χ2v) is 4.54. The van der Waals surface area contributed by atoms with Crippen LogP contribution in [0.5, 0.6) is 0 Å². The molecule has 0 radical (unpaired) electrons. The number of halogens is 2. The number of allylic oxidation sites excluding steroid dienone is 1. The van der Waals surface area contributed by atoms with Gasteiger partial charge >= 0.3 is 91.5 Å². The summed E-state index contributed by atoms with van der Waals surface area (Å²) >= 11 is 2.28. The normalized spacial score (nSPS) is 17.3. The number of hydrogen-bond donors (Lipinski definition) is 0. The Balaban J connectivity index is 0.000000980. The van der Waals surface area contributed by atoms with Gasteiger partial charge in [0.2, 0.25) is 0 Å². The van der Waals surface area contributed by atoms with E-state index in [9.17, 15) is 0 Å². The minimum absolute atomic E-state index is 0. The van der Waals surface area contributed by atoms with Crippen molar-refractivity contribution in [1.29, 1.82) is 0 Å². The molecule has 0 N–H and O–H groups in total. The number of fused-ring (bicyclic) bond motifs is 1. The van der Waals surface area contributed by atoms with E-state index >= 15 is 0 Å². The summed E-state index contributed by atoms with van der Waals surface area (Å²) in [4.78, 5) is 0. The Bertz CT molecular complexity index is 372. The van der Waals surface area contributed by atoms with Crippen LogP contribution in [0.3, 0.4) is 0 Å². The van der Waals surface area contributed by atoms with Gasteiger partial charge in [0.05, 0.1) is 0 Å². The van der Waals surface area contributed by atoms with Crippen molar-refractivity contribution in [2.45, 2.75) is 24.5 Å². The molecule has 1 aromatic carbocycles. The van der Waals surface area contributed by atoms with Crippen LogP contribution in [0, 0.1) is 0 Å². The summed E-state index contributed by atoms with van der Waals surface area (Å²) in [5.74, 6) is 0. The van der Waals surface area contributed by atoms with E-state index in [1.165, 1.54) is 22.3 Å². The van der Waals surface area contributed by atoms with E-state index in [0.29, 0.717) is 4.22 Å².